The Balaban J connectivity index is 2.23. The number of amides is 1. The molecular weight excluding hydrogens is 274 g/mol. The fourth-order valence-corrected chi connectivity index (χ4v) is 3.16. The maximum atomic E-state index is 11.9. The minimum Gasteiger partial charge on any atom is -0.469 e. The highest BCUT2D eigenvalue weighted by atomic mass is 32.2. The highest BCUT2D eigenvalue weighted by Gasteiger charge is 2.44. The van der Waals surface area contributed by atoms with E-state index in [0.717, 1.165) is 31.6 Å². The van der Waals surface area contributed by atoms with Crippen molar-refractivity contribution < 1.29 is 14.3 Å². The molecule has 1 fully saturated rings. The SMILES string of the molecule is COC(=O)CC1(CSC(C)C(=O)NCCC(C)C)CC1. The third-order valence-electron chi connectivity index (χ3n) is 3.73. The van der Waals surface area contributed by atoms with E-state index in [0.29, 0.717) is 12.3 Å². The van der Waals surface area contributed by atoms with Gasteiger partial charge in [-0.15, -0.1) is 11.8 Å². The number of carbonyl (C=O) groups excluding carboxylic acids is 2. The molecule has 0 aromatic carbocycles. The van der Waals surface area contributed by atoms with Gasteiger partial charge in [-0.25, -0.2) is 0 Å². The van der Waals surface area contributed by atoms with Crippen LogP contribution in [-0.2, 0) is 14.3 Å². The van der Waals surface area contributed by atoms with Crippen molar-refractivity contribution in [2.75, 3.05) is 19.4 Å². The quantitative estimate of drug-likeness (QED) is 0.665. The van der Waals surface area contributed by atoms with Crippen LogP contribution in [0.2, 0.25) is 0 Å². The number of methoxy groups -OCH3 is 1. The molecule has 116 valence electrons. The summed E-state index contributed by atoms with van der Waals surface area (Å²) >= 11 is 1.65. The summed E-state index contributed by atoms with van der Waals surface area (Å²) in [6, 6.07) is 0. The van der Waals surface area contributed by atoms with Gasteiger partial charge in [-0.05, 0) is 37.5 Å². The molecule has 0 heterocycles. The van der Waals surface area contributed by atoms with Crippen molar-refractivity contribution in [2.24, 2.45) is 11.3 Å². The number of esters is 1. The van der Waals surface area contributed by atoms with Gasteiger partial charge in [-0.3, -0.25) is 9.59 Å². The van der Waals surface area contributed by atoms with E-state index in [1.807, 2.05) is 6.92 Å². The molecule has 1 N–H and O–H groups in total. The summed E-state index contributed by atoms with van der Waals surface area (Å²) in [6.07, 6.45) is 3.63. The van der Waals surface area contributed by atoms with Crippen LogP contribution < -0.4 is 5.32 Å². The van der Waals surface area contributed by atoms with Crippen LogP contribution in [0.15, 0.2) is 0 Å². The number of ether oxygens (including phenoxy) is 1. The Labute approximate surface area is 126 Å². The minimum absolute atomic E-state index is 0.0581. The maximum absolute atomic E-state index is 11.9. The van der Waals surface area contributed by atoms with Crippen molar-refractivity contribution in [2.45, 2.75) is 51.7 Å². The van der Waals surface area contributed by atoms with Gasteiger partial charge >= 0.3 is 5.97 Å². The molecule has 0 spiro atoms. The van der Waals surface area contributed by atoms with Gasteiger partial charge in [0.15, 0.2) is 0 Å². The first-order valence-electron chi connectivity index (χ1n) is 7.35. The first-order valence-corrected chi connectivity index (χ1v) is 8.39. The lowest BCUT2D eigenvalue weighted by Crippen LogP contribution is -2.32. The van der Waals surface area contributed by atoms with Crippen LogP contribution in [0.25, 0.3) is 0 Å². The zero-order chi connectivity index (χ0) is 15.2. The number of carbonyl (C=O) groups is 2. The Morgan fingerprint density at radius 2 is 1.95 bits per heavy atom. The molecule has 1 unspecified atom stereocenters. The van der Waals surface area contributed by atoms with Gasteiger partial charge in [-0.1, -0.05) is 13.8 Å². The van der Waals surface area contributed by atoms with E-state index >= 15 is 0 Å². The molecule has 1 aliphatic carbocycles. The number of thioether (sulfide) groups is 1. The molecule has 0 bridgehead atoms. The number of nitrogens with one attached hydrogen (secondary N) is 1. The highest BCUT2D eigenvalue weighted by molar-refractivity contribution is 8.00. The number of hydrogen-bond donors (Lipinski definition) is 1. The topological polar surface area (TPSA) is 55.4 Å². The minimum atomic E-state index is -0.142. The third-order valence-corrected chi connectivity index (χ3v) is 5.23. The van der Waals surface area contributed by atoms with E-state index < -0.39 is 0 Å². The summed E-state index contributed by atoms with van der Waals surface area (Å²) in [5.41, 5.74) is 0.0875. The monoisotopic (exact) mass is 301 g/mol. The average molecular weight is 301 g/mol. The molecule has 0 aromatic rings. The van der Waals surface area contributed by atoms with Gasteiger partial charge in [-0.2, -0.15) is 0 Å². The summed E-state index contributed by atoms with van der Waals surface area (Å²) in [7, 11) is 1.43. The van der Waals surface area contributed by atoms with E-state index in [9.17, 15) is 9.59 Å². The summed E-state index contributed by atoms with van der Waals surface area (Å²) in [6.45, 7) is 6.97. The molecule has 1 rings (SSSR count). The standard InChI is InChI=1S/C15H27NO3S/c1-11(2)5-8-16-14(18)12(3)20-10-15(6-7-15)9-13(17)19-4/h11-12H,5-10H2,1-4H3,(H,16,18). The fraction of sp³-hybridized carbons (Fsp3) is 0.867. The summed E-state index contributed by atoms with van der Waals surface area (Å²) in [4.78, 5) is 23.3. The second-order valence-corrected chi connectivity index (χ2v) is 7.51. The highest BCUT2D eigenvalue weighted by Crippen LogP contribution is 2.51. The van der Waals surface area contributed by atoms with Crippen LogP contribution >= 0.6 is 11.8 Å². The Bertz CT molecular complexity index is 340. The van der Waals surface area contributed by atoms with Gasteiger partial charge in [0.2, 0.25) is 5.91 Å². The van der Waals surface area contributed by atoms with Gasteiger partial charge < -0.3 is 10.1 Å². The van der Waals surface area contributed by atoms with Crippen molar-refractivity contribution >= 4 is 23.6 Å². The lowest BCUT2D eigenvalue weighted by Gasteiger charge is -2.17. The van der Waals surface area contributed by atoms with E-state index in [4.69, 9.17) is 4.74 Å². The van der Waals surface area contributed by atoms with Crippen molar-refractivity contribution in [3.8, 4) is 0 Å². The number of hydrogen-bond acceptors (Lipinski definition) is 4. The zero-order valence-electron chi connectivity index (χ0n) is 13.0. The van der Waals surface area contributed by atoms with Crippen LogP contribution in [0, 0.1) is 11.3 Å². The summed E-state index contributed by atoms with van der Waals surface area (Å²) in [5.74, 6) is 1.43. The largest absolute Gasteiger partial charge is 0.469 e. The van der Waals surface area contributed by atoms with Gasteiger partial charge in [0.05, 0.1) is 18.8 Å². The summed E-state index contributed by atoms with van der Waals surface area (Å²) in [5, 5.41) is 2.91. The molecule has 4 nitrogen and oxygen atoms in total. The van der Waals surface area contributed by atoms with Crippen molar-refractivity contribution in [3.63, 3.8) is 0 Å². The Hall–Kier alpha value is -0.710. The van der Waals surface area contributed by atoms with Gasteiger partial charge in [0.25, 0.3) is 0 Å². The normalized spacial score (nSPS) is 17.6. The van der Waals surface area contributed by atoms with E-state index in [2.05, 4.69) is 19.2 Å². The van der Waals surface area contributed by atoms with Crippen LogP contribution in [0.5, 0.6) is 0 Å². The molecule has 20 heavy (non-hydrogen) atoms. The van der Waals surface area contributed by atoms with E-state index in [1.165, 1.54) is 7.11 Å². The Kier molecular flexibility index (Phi) is 6.86. The van der Waals surface area contributed by atoms with Crippen LogP contribution in [0.1, 0.15) is 46.5 Å². The van der Waals surface area contributed by atoms with Crippen LogP contribution in [-0.4, -0.2) is 36.5 Å². The smallest absolute Gasteiger partial charge is 0.306 e. The first-order chi connectivity index (χ1) is 9.38. The molecule has 0 aromatic heterocycles. The van der Waals surface area contributed by atoms with E-state index in [1.54, 1.807) is 11.8 Å². The van der Waals surface area contributed by atoms with Crippen molar-refractivity contribution in [3.05, 3.63) is 0 Å². The molecule has 5 heteroatoms. The molecule has 1 aliphatic rings. The second-order valence-electron chi connectivity index (χ2n) is 6.18. The van der Waals surface area contributed by atoms with Crippen LogP contribution in [0.3, 0.4) is 0 Å². The molecule has 0 aliphatic heterocycles. The Morgan fingerprint density at radius 3 is 2.45 bits per heavy atom. The lowest BCUT2D eigenvalue weighted by molar-refractivity contribution is -0.141. The molecule has 1 amide bonds. The predicted octanol–water partition coefficient (Wildman–Crippen LogP) is 2.61. The fourth-order valence-electron chi connectivity index (χ4n) is 1.93. The average Bonchev–Trinajstić information content (AvgIpc) is 3.15. The van der Waals surface area contributed by atoms with Gasteiger partial charge in [0, 0.05) is 12.3 Å². The van der Waals surface area contributed by atoms with Crippen molar-refractivity contribution in [1.82, 2.24) is 5.32 Å². The zero-order valence-corrected chi connectivity index (χ0v) is 13.8. The van der Waals surface area contributed by atoms with E-state index in [-0.39, 0.29) is 22.5 Å². The Morgan fingerprint density at radius 1 is 1.30 bits per heavy atom. The number of rotatable bonds is 9. The van der Waals surface area contributed by atoms with Crippen molar-refractivity contribution in [1.29, 1.82) is 0 Å². The van der Waals surface area contributed by atoms with Gasteiger partial charge in [0.1, 0.15) is 0 Å². The molecule has 0 radical (unpaired) electrons. The van der Waals surface area contributed by atoms with Crippen LogP contribution in [0.4, 0.5) is 0 Å². The molecule has 0 saturated heterocycles. The molecular formula is C15H27NO3S. The molecule has 1 saturated carbocycles. The second kappa shape index (κ2) is 7.91. The summed E-state index contributed by atoms with van der Waals surface area (Å²) < 4.78 is 4.73. The third kappa shape index (κ3) is 6.16. The lowest BCUT2D eigenvalue weighted by atomic mass is 10.1. The first kappa shape index (κ1) is 17.3. The predicted molar refractivity (Wildman–Crippen MR) is 82.7 cm³/mol. The maximum Gasteiger partial charge on any atom is 0.306 e. The molecule has 1 atom stereocenters.